The van der Waals surface area contributed by atoms with E-state index in [4.69, 9.17) is 9.47 Å². The van der Waals surface area contributed by atoms with Crippen LogP contribution >= 0.6 is 0 Å². The molecule has 0 spiro atoms. The summed E-state index contributed by atoms with van der Waals surface area (Å²) < 4.78 is 38.6. The van der Waals surface area contributed by atoms with Gasteiger partial charge in [0.05, 0.1) is 17.2 Å². The van der Waals surface area contributed by atoms with E-state index in [2.05, 4.69) is 20.3 Å². The highest BCUT2D eigenvalue weighted by Gasteiger charge is 2.20. The lowest BCUT2D eigenvalue weighted by atomic mass is 10.2. The smallest absolute Gasteiger partial charge is 0.258 e. The van der Waals surface area contributed by atoms with Crippen LogP contribution in [0.4, 0.5) is 14.6 Å². The van der Waals surface area contributed by atoms with Crippen molar-refractivity contribution >= 4 is 16.9 Å². The van der Waals surface area contributed by atoms with Crippen molar-refractivity contribution in [1.29, 1.82) is 0 Å². The highest BCUT2D eigenvalue weighted by molar-refractivity contribution is 5.78. The number of anilines is 1. The van der Waals surface area contributed by atoms with Gasteiger partial charge in [-0.1, -0.05) is 0 Å². The van der Waals surface area contributed by atoms with Crippen molar-refractivity contribution in [3.63, 3.8) is 0 Å². The van der Waals surface area contributed by atoms with Gasteiger partial charge in [0.15, 0.2) is 17.5 Å². The first-order valence-corrected chi connectivity index (χ1v) is 8.99. The van der Waals surface area contributed by atoms with E-state index >= 15 is 0 Å². The molecule has 1 N–H and O–H groups in total. The first kappa shape index (κ1) is 18.3. The van der Waals surface area contributed by atoms with Gasteiger partial charge in [-0.25, -0.2) is 18.7 Å². The molecule has 1 aliphatic rings. The summed E-state index contributed by atoms with van der Waals surface area (Å²) in [5, 5.41) is 3.26. The molecule has 0 unspecified atom stereocenters. The maximum absolute atomic E-state index is 13.6. The van der Waals surface area contributed by atoms with E-state index in [1.807, 2.05) is 4.90 Å². The molecule has 1 saturated heterocycles. The van der Waals surface area contributed by atoms with Gasteiger partial charge in [0.25, 0.3) is 5.88 Å². The number of benzene rings is 1. The summed E-state index contributed by atoms with van der Waals surface area (Å²) in [6.07, 6.45) is 3.27. The minimum Gasteiger partial charge on any atom is -0.488 e. The molecular formula is C19H19F2N5O2. The summed E-state index contributed by atoms with van der Waals surface area (Å²) in [6.45, 7) is 3.52. The molecule has 0 atom stereocenters. The van der Waals surface area contributed by atoms with Gasteiger partial charge in [0.1, 0.15) is 19.0 Å². The Morgan fingerprint density at radius 1 is 1.00 bits per heavy atom. The van der Waals surface area contributed by atoms with Gasteiger partial charge < -0.3 is 19.7 Å². The van der Waals surface area contributed by atoms with Crippen LogP contribution in [-0.2, 0) is 0 Å². The van der Waals surface area contributed by atoms with Crippen molar-refractivity contribution < 1.29 is 18.3 Å². The quantitative estimate of drug-likeness (QED) is 0.650. The number of nitrogens with one attached hydrogen (secondary N) is 1. The van der Waals surface area contributed by atoms with Crippen molar-refractivity contribution in [2.24, 2.45) is 0 Å². The number of aromatic nitrogens is 3. The molecule has 0 amide bonds. The van der Waals surface area contributed by atoms with Crippen molar-refractivity contribution in [2.75, 3.05) is 44.3 Å². The second-order valence-electron chi connectivity index (χ2n) is 6.23. The summed E-state index contributed by atoms with van der Waals surface area (Å²) in [4.78, 5) is 14.9. The van der Waals surface area contributed by atoms with Crippen LogP contribution in [0.5, 0.6) is 11.6 Å². The molecule has 0 aliphatic carbocycles. The van der Waals surface area contributed by atoms with E-state index in [0.29, 0.717) is 24.7 Å². The molecule has 0 bridgehead atoms. The minimum atomic E-state index is -0.970. The Balaban J connectivity index is 1.56. The Kier molecular flexibility index (Phi) is 5.43. The molecule has 7 nitrogen and oxygen atoms in total. The van der Waals surface area contributed by atoms with E-state index in [-0.39, 0.29) is 30.1 Å². The maximum Gasteiger partial charge on any atom is 0.258 e. The molecule has 1 fully saturated rings. The largest absolute Gasteiger partial charge is 0.488 e. The Labute approximate surface area is 160 Å². The molecular weight excluding hydrogens is 368 g/mol. The molecule has 0 saturated carbocycles. The van der Waals surface area contributed by atoms with Crippen LogP contribution in [0.3, 0.4) is 0 Å². The molecule has 3 aromatic rings. The van der Waals surface area contributed by atoms with Crippen molar-refractivity contribution in [3.05, 3.63) is 48.3 Å². The molecule has 0 radical (unpaired) electrons. The number of halogens is 2. The number of ether oxygens (including phenoxy) is 2. The zero-order chi connectivity index (χ0) is 19.3. The fourth-order valence-electron chi connectivity index (χ4n) is 2.94. The monoisotopic (exact) mass is 387 g/mol. The van der Waals surface area contributed by atoms with E-state index in [1.54, 1.807) is 24.5 Å². The lowest BCUT2D eigenvalue weighted by Gasteiger charge is -2.29. The van der Waals surface area contributed by atoms with Crippen LogP contribution in [-0.4, -0.2) is 54.3 Å². The average molecular weight is 387 g/mol. The molecule has 2 aromatic heterocycles. The number of hydrogen-bond donors (Lipinski definition) is 1. The summed E-state index contributed by atoms with van der Waals surface area (Å²) >= 11 is 0. The van der Waals surface area contributed by atoms with Gasteiger partial charge in [-0.05, 0) is 12.1 Å². The standard InChI is InChI=1S/C19H19F2N5O2/c20-14-10-16-17(11-15(14)21)25-19(18(24-16)26-6-4-22-5-7-26)28-9-8-27-13-2-1-3-23-12-13/h1-3,10-12,22H,4-9H2. The second kappa shape index (κ2) is 8.30. The number of pyridine rings is 1. The Hall–Kier alpha value is -3.07. The second-order valence-corrected chi connectivity index (χ2v) is 6.23. The Morgan fingerprint density at radius 2 is 1.71 bits per heavy atom. The zero-order valence-corrected chi connectivity index (χ0v) is 15.1. The fraction of sp³-hybridized carbons (Fsp3) is 0.316. The van der Waals surface area contributed by atoms with Gasteiger partial charge in [-0.2, -0.15) is 0 Å². The fourth-order valence-corrected chi connectivity index (χ4v) is 2.94. The van der Waals surface area contributed by atoms with E-state index in [9.17, 15) is 8.78 Å². The molecule has 146 valence electrons. The van der Waals surface area contributed by atoms with E-state index in [1.165, 1.54) is 0 Å². The lowest BCUT2D eigenvalue weighted by molar-refractivity contribution is 0.211. The minimum absolute atomic E-state index is 0.220. The third-order valence-corrected chi connectivity index (χ3v) is 4.30. The first-order valence-electron chi connectivity index (χ1n) is 8.99. The summed E-state index contributed by atoms with van der Waals surface area (Å²) in [5.74, 6) is -0.499. The number of nitrogens with zero attached hydrogens (tertiary/aromatic N) is 4. The summed E-state index contributed by atoms with van der Waals surface area (Å²) in [6, 6.07) is 5.66. The molecule has 4 rings (SSSR count). The first-order chi connectivity index (χ1) is 13.7. The highest BCUT2D eigenvalue weighted by atomic mass is 19.2. The van der Waals surface area contributed by atoms with Crippen LogP contribution in [0.25, 0.3) is 11.0 Å². The van der Waals surface area contributed by atoms with Crippen molar-refractivity contribution in [1.82, 2.24) is 20.3 Å². The number of hydrogen-bond acceptors (Lipinski definition) is 7. The van der Waals surface area contributed by atoms with Crippen LogP contribution in [0.15, 0.2) is 36.7 Å². The molecule has 1 aliphatic heterocycles. The predicted molar refractivity (Wildman–Crippen MR) is 99.8 cm³/mol. The molecule has 3 heterocycles. The summed E-state index contributed by atoms with van der Waals surface area (Å²) in [7, 11) is 0. The molecule has 9 heteroatoms. The van der Waals surface area contributed by atoms with Gasteiger partial charge in [0, 0.05) is 44.5 Å². The van der Waals surface area contributed by atoms with Crippen LogP contribution in [0.1, 0.15) is 0 Å². The lowest BCUT2D eigenvalue weighted by Crippen LogP contribution is -2.44. The van der Waals surface area contributed by atoms with Gasteiger partial charge in [-0.3, -0.25) is 4.98 Å². The van der Waals surface area contributed by atoms with Crippen LogP contribution in [0, 0.1) is 11.6 Å². The van der Waals surface area contributed by atoms with E-state index in [0.717, 1.165) is 25.2 Å². The van der Waals surface area contributed by atoms with Gasteiger partial charge >= 0.3 is 0 Å². The number of fused-ring (bicyclic) bond motifs is 1. The van der Waals surface area contributed by atoms with Crippen molar-refractivity contribution in [3.8, 4) is 11.6 Å². The Bertz CT molecular complexity index is 952. The average Bonchev–Trinajstić information content (AvgIpc) is 2.73. The molecule has 1 aromatic carbocycles. The number of piperazine rings is 1. The Morgan fingerprint density at radius 3 is 2.43 bits per heavy atom. The normalized spacial score (nSPS) is 14.3. The topological polar surface area (TPSA) is 72.4 Å². The third kappa shape index (κ3) is 4.09. The molecule has 28 heavy (non-hydrogen) atoms. The van der Waals surface area contributed by atoms with Crippen molar-refractivity contribution in [2.45, 2.75) is 0 Å². The third-order valence-electron chi connectivity index (χ3n) is 4.30. The van der Waals surface area contributed by atoms with Crippen LogP contribution < -0.4 is 19.7 Å². The van der Waals surface area contributed by atoms with Gasteiger partial charge in [0.2, 0.25) is 0 Å². The summed E-state index contributed by atoms with van der Waals surface area (Å²) in [5.41, 5.74) is 0.521. The zero-order valence-electron chi connectivity index (χ0n) is 15.1. The van der Waals surface area contributed by atoms with Gasteiger partial charge in [-0.15, -0.1) is 0 Å². The maximum atomic E-state index is 13.6. The van der Waals surface area contributed by atoms with Crippen LogP contribution in [0.2, 0.25) is 0 Å². The highest BCUT2D eigenvalue weighted by Crippen LogP contribution is 2.28. The SMILES string of the molecule is Fc1cc2nc(OCCOc3cccnc3)c(N3CCNCC3)nc2cc1F. The predicted octanol–water partition coefficient (Wildman–Crippen LogP) is 2.17. The van der Waals surface area contributed by atoms with E-state index < -0.39 is 11.6 Å². The number of rotatable bonds is 6.